The summed E-state index contributed by atoms with van der Waals surface area (Å²) in [5.41, 5.74) is 0.552. The number of pyridine rings is 1. The van der Waals surface area contributed by atoms with Crippen molar-refractivity contribution >= 4 is 23.4 Å². The minimum absolute atomic E-state index is 0.205. The number of hydrogen-bond acceptors (Lipinski definition) is 4. The van der Waals surface area contributed by atoms with E-state index in [4.69, 9.17) is 21.1 Å². The number of carbonyl (C=O) groups is 1. The lowest BCUT2D eigenvalue weighted by Gasteiger charge is -2.20. The molecule has 6 heteroatoms. The molecule has 1 unspecified atom stereocenters. The van der Waals surface area contributed by atoms with Gasteiger partial charge in [-0.2, -0.15) is 0 Å². The molecule has 0 spiro atoms. The van der Waals surface area contributed by atoms with Gasteiger partial charge in [-0.25, -0.2) is 4.79 Å². The van der Waals surface area contributed by atoms with Crippen molar-refractivity contribution in [3.05, 3.63) is 23.0 Å². The summed E-state index contributed by atoms with van der Waals surface area (Å²) in [6.45, 7) is 7.22. The van der Waals surface area contributed by atoms with E-state index >= 15 is 0 Å². The van der Waals surface area contributed by atoms with Gasteiger partial charge in [-0.3, -0.25) is 10.3 Å². The maximum atomic E-state index is 11.6. The molecule has 1 aromatic rings. The van der Waals surface area contributed by atoms with Crippen molar-refractivity contribution in [2.45, 2.75) is 39.4 Å². The predicted octanol–water partition coefficient (Wildman–Crippen LogP) is 3.79. The van der Waals surface area contributed by atoms with E-state index in [0.717, 1.165) is 0 Å². The minimum Gasteiger partial charge on any atom is -0.444 e. The summed E-state index contributed by atoms with van der Waals surface area (Å²) in [6, 6.07) is 1.61. The van der Waals surface area contributed by atoms with Crippen LogP contribution in [0, 0.1) is 0 Å². The molecule has 0 saturated heterocycles. The number of halogens is 1. The van der Waals surface area contributed by atoms with Crippen molar-refractivity contribution in [1.29, 1.82) is 0 Å². The molecule has 1 atom stereocenters. The molecule has 1 rings (SSSR count). The molecule has 0 bridgehead atoms. The fraction of sp³-hybridized carbons (Fsp3) is 0.538. The van der Waals surface area contributed by atoms with Crippen LogP contribution in [0.3, 0.4) is 0 Å². The van der Waals surface area contributed by atoms with Crippen molar-refractivity contribution in [2.24, 2.45) is 0 Å². The fourth-order valence-electron chi connectivity index (χ4n) is 1.35. The molecule has 0 aliphatic carbocycles. The number of nitrogens with zero attached hydrogens (tertiary/aromatic N) is 1. The van der Waals surface area contributed by atoms with Crippen LogP contribution in [0.1, 0.15) is 39.5 Å². The third-order valence-corrected chi connectivity index (χ3v) is 2.56. The molecule has 19 heavy (non-hydrogen) atoms. The molecule has 0 aliphatic heterocycles. The SMILES string of the molecule is COC(C)c1ncc(NC(=O)OC(C)(C)C)cc1Cl. The van der Waals surface area contributed by atoms with Crippen molar-refractivity contribution in [3.63, 3.8) is 0 Å². The van der Waals surface area contributed by atoms with E-state index in [2.05, 4.69) is 10.3 Å². The summed E-state index contributed by atoms with van der Waals surface area (Å²) in [5, 5.41) is 3.01. The maximum absolute atomic E-state index is 11.6. The van der Waals surface area contributed by atoms with Gasteiger partial charge in [-0.05, 0) is 33.8 Å². The molecule has 5 nitrogen and oxygen atoms in total. The van der Waals surface area contributed by atoms with Gasteiger partial charge in [0, 0.05) is 7.11 Å². The van der Waals surface area contributed by atoms with Crippen LogP contribution in [-0.4, -0.2) is 23.8 Å². The Morgan fingerprint density at radius 3 is 2.58 bits per heavy atom. The highest BCUT2D eigenvalue weighted by molar-refractivity contribution is 6.31. The van der Waals surface area contributed by atoms with Crippen LogP contribution in [0.4, 0.5) is 10.5 Å². The molecule has 0 fully saturated rings. The molecule has 1 N–H and O–H groups in total. The topological polar surface area (TPSA) is 60.5 Å². The average Bonchev–Trinajstić information content (AvgIpc) is 2.25. The van der Waals surface area contributed by atoms with Gasteiger partial charge in [0.1, 0.15) is 5.60 Å². The number of nitrogens with one attached hydrogen (secondary N) is 1. The normalized spacial score (nSPS) is 12.9. The molecule has 106 valence electrons. The standard InChI is InChI=1S/C13H19ClN2O3/c1-8(18-5)11-10(14)6-9(7-15-11)16-12(17)19-13(2,3)4/h6-8H,1-5H3,(H,16,17). The maximum Gasteiger partial charge on any atom is 0.412 e. The van der Waals surface area contributed by atoms with E-state index in [9.17, 15) is 4.79 Å². The summed E-state index contributed by atoms with van der Waals surface area (Å²) >= 11 is 6.08. The first-order chi connectivity index (χ1) is 8.73. The number of hydrogen-bond donors (Lipinski definition) is 1. The van der Waals surface area contributed by atoms with E-state index in [1.807, 2.05) is 6.92 Å². The second-order valence-electron chi connectivity index (χ2n) is 5.10. The Kier molecular flexibility index (Phi) is 5.14. The van der Waals surface area contributed by atoms with Gasteiger partial charge < -0.3 is 9.47 Å². The molecule has 0 saturated carbocycles. The van der Waals surface area contributed by atoms with E-state index in [-0.39, 0.29) is 6.10 Å². The summed E-state index contributed by atoms with van der Waals surface area (Å²) in [4.78, 5) is 15.8. The van der Waals surface area contributed by atoms with Gasteiger partial charge in [-0.15, -0.1) is 0 Å². The van der Waals surface area contributed by atoms with E-state index in [1.165, 1.54) is 6.20 Å². The minimum atomic E-state index is -0.550. The highest BCUT2D eigenvalue weighted by atomic mass is 35.5. The molecule has 1 aromatic heterocycles. The number of rotatable bonds is 3. The van der Waals surface area contributed by atoms with Crippen molar-refractivity contribution < 1.29 is 14.3 Å². The summed E-state index contributed by atoms with van der Waals surface area (Å²) < 4.78 is 10.3. The van der Waals surface area contributed by atoms with Crippen molar-refractivity contribution in [2.75, 3.05) is 12.4 Å². The number of anilines is 1. The van der Waals surface area contributed by atoms with Crippen molar-refractivity contribution in [3.8, 4) is 0 Å². The predicted molar refractivity (Wildman–Crippen MR) is 74.5 cm³/mol. The highest BCUT2D eigenvalue weighted by Gasteiger charge is 2.17. The van der Waals surface area contributed by atoms with E-state index in [1.54, 1.807) is 33.9 Å². The second-order valence-corrected chi connectivity index (χ2v) is 5.50. The number of carbonyl (C=O) groups excluding carboxylic acids is 1. The lowest BCUT2D eigenvalue weighted by molar-refractivity contribution is 0.0636. The van der Waals surface area contributed by atoms with Gasteiger partial charge in [0.25, 0.3) is 0 Å². The number of methoxy groups -OCH3 is 1. The van der Waals surface area contributed by atoms with E-state index < -0.39 is 11.7 Å². The molecular formula is C13H19ClN2O3. The quantitative estimate of drug-likeness (QED) is 0.918. The third-order valence-electron chi connectivity index (χ3n) is 2.25. The van der Waals surface area contributed by atoms with E-state index in [0.29, 0.717) is 16.4 Å². The van der Waals surface area contributed by atoms with Crippen LogP contribution >= 0.6 is 11.6 Å². The zero-order valence-corrected chi connectivity index (χ0v) is 12.5. The molecular weight excluding hydrogens is 268 g/mol. The smallest absolute Gasteiger partial charge is 0.412 e. The van der Waals surface area contributed by atoms with Gasteiger partial charge in [0.2, 0.25) is 0 Å². The van der Waals surface area contributed by atoms with Crippen LogP contribution in [-0.2, 0) is 9.47 Å². The number of ether oxygens (including phenoxy) is 2. The summed E-state index contributed by atoms with van der Waals surface area (Å²) in [7, 11) is 1.58. The molecule has 0 radical (unpaired) electrons. The zero-order chi connectivity index (χ0) is 14.6. The Bertz CT molecular complexity index is 458. The zero-order valence-electron chi connectivity index (χ0n) is 11.8. The number of aromatic nitrogens is 1. The van der Waals surface area contributed by atoms with Crippen LogP contribution in [0.2, 0.25) is 5.02 Å². The highest BCUT2D eigenvalue weighted by Crippen LogP contribution is 2.25. The lowest BCUT2D eigenvalue weighted by Crippen LogP contribution is -2.27. The van der Waals surface area contributed by atoms with Gasteiger partial charge in [0.05, 0.1) is 28.7 Å². The van der Waals surface area contributed by atoms with Gasteiger partial charge in [-0.1, -0.05) is 11.6 Å². The summed E-state index contributed by atoms with van der Waals surface area (Å²) in [6.07, 6.45) is 0.765. The number of amides is 1. The average molecular weight is 287 g/mol. The largest absolute Gasteiger partial charge is 0.444 e. The second kappa shape index (κ2) is 6.21. The third kappa shape index (κ3) is 5.04. The van der Waals surface area contributed by atoms with Gasteiger partial charge in [0.15, 0.2) is 0 Å². The Labute approximate surface area is 118 Å². The first kappa shape index (κ1) is 15.7. The molecule has 0 aliphatic rings. The Morgan fingerprint density at radius 2 is 2.11 bits per heavy atom. The summed E-state index contributed by atoms with van der Waals surface area (Å²) in [5.74, 6) is 0. The van der Waals surface area contributed by atoms with Gasteiger partial charge >= 0.3 is 6.09 Å². The molecule has 1 amide bonds. The fourth-order valence-corrected chi connectivity index (χ4v) is 1.67. The van der Waals surface area contributed by atoms with Crippen LogP contribution in [0.5, 0.6) is 0 Å². The van der Waals surface area contributed by atoms with Crippen LogP contribution < -0.4 is 5.32 Å². The Morgan fingerprint density at radius 1 is 1.47 bits per heavy atom. The Hall–Kier alpha value is -1.33. The first-order valence-electron chi connectivity index (χ1n) is 5.91. The Balaban J connectivity index is 2.76. The van der Waals surface area contributed by atoms with Crippen LogP contribution in [0.15, 0.2) is 12.3 Å². The first-order valence-corrected chi connectivity index (χ1v) is 6.29. The van der Waals surface area contributed by atoms with Crippen LogP contribution in [0.25, 0.3) is 0 Å². The van der Waals surface area contributed by atoms with Crippen molar-refractivity contribution in [1.82, 2.24) is 4.98 Å². The molecule has 0 aromatic carbocycles. The molecule has 1 heterocycles. The monoisotopic (exact) mass is 286 g/mol. The lowest BCUT2D eigenvalue weighted by atomic mass is 10.2.